The average molecular weight is 226 g/mol. The van der Waals surface area contributed by atoms with Crippen molar-refractivity contribution < 1.29 is 4.79 Å². The number of amides is 1. The molecule has 1 heterocycles. The summed E-state index contributed by atoms with van der Waals surface area (Å²) < 4.78 is 0. The highest BCUT2D eigenvalue weighted by Gasteiger charge is 2.33. The molecule has 0 aromatic rings. The van der Waals surface area contributed by atoms with Crippen molar-refractivity contribution in [2.45, 2.75) is 53.5 Å². The van der Waals surface area contributed by atoms with Crippen LogP contribution in [0, 0.1) is 10.8 Å². The van der Waals surface area contributed by atoms with Gasteiger partial charge in [0, 0.05) is 19.0 Å². The number of rotatable bonds is 2. The molecule has 16 heavy (non-hydrogen) atoms. The van der Waals surface area contributed by atoms with E-state index in [1.54, 1.807) is 0 Å². The maximum Gasteiger partial charge on any atom is 0.220 e. The monoisotopic (exact) mass is 226 g/mol. The van der Waals surface area contributed by atoms with E-state index < -0.39 is 0 Å². The van der Waals surface area contributed by atoms with Gasteiger partial charge in [-0.1, -0.05) is 34.6 Å². The van der Waals surface area contributed by atoms with E-state index in [4.69, 9.17) is 0 Å². The third-order valence-corrected chi connectivity index (χ3v) is 3.16. The lowest BCUT2D eigenvalue weighted by atomic mass is 9.79. The number of carbonyl (C=O) groups is 1. The van der Waals surface area contributed by atoms with Crippen LogP contribution in [0.3, 0.4) is 0 Å². The minimum Gasteiger partial charge on any atom is -0.353 e. The molecule has 0 aromatic heterocycles. The second-order valence-corrected chi connectivity index (χ2v) is 6.81. The summed E-state index contributed by atoms with van der Waals surface area (Å²) in [6.45, 7) is 12.7. The first kappa shape index (κ1) is 13.5. The Labute approximate surface area is 99.4 Å². The Morgan fingerprint density at radius 2 is 2.06 bits per heavy atom. The van der Waals surface area contributed by atoms with Crippen molar-refractivity contribution in [3.63, 3.8) is 0 Å². The highest BCUT2D eigenvalue weighted by atomic mass is 16.1. The van der Waals surface area contributed by atoms with Gasteiger partial charge in [-0.2, -0.15) is 0 Å². The number of hydrogen-bond donors (Lipinski definition) is 2. The predicted octanol–water partition coefficient (Wildman–Crippen LogP) is 1.93. The maximum atomic E-state index is 11.9. The molecule has 1 saturated heterocycles. The van der Waals surface area contributed by atoms with Crippen LogP contribution in [0.25, 0.3) is 0 Å². The van der Waals surface area contributed by atoms with Crippen LogP contribution in [0.15, 0.2) is 0 Å². The van der Waals surface area contributed by atoms with Gasteiger partial charge < -0.3 is 10.6 Å². The molecule has 1 unspecified atom stereocenters. The fraction of sp³-hybridized carbons (Fsp3) is 0.923. The summed E-state index contributed by atoms with van der Waals surface area (Å²) in [5, 5.41) is 6.56. The Balaban J connectivity index is 2.49. The van der Waals surface area contributed by atoms with Crippen molar-refractivity contribution in [1.29, 1.82) is 0 Å². The average Bonchev–Trinajstić information content (AvgIpc) is 2.05. The number of hydrogen-bond acceptors (Lipinski definition) is 2. The lowest BCUT2D eigenvalue weighted by Gasteiger charge is -2.39. The third-order valence-electron chi connectivity index (χ3n) is 3.16. The highest BCUT2D eigenvalue weighted by molar-refractivity contribution is 5.77. The molecule has 3 nitrogen and oxygen atoms in total. The van der Waals surface area contributed by atoms with Gasteiger partial charge in [0.15, 0.2) is 0 Å². The van der Waals surface area contributed by atoms with Crippen LogP contribution in [0.5, 0.6) is 0 Å². The molecule has 2 N–H and O–H groups in total. The molecule has 1 aliphatic heterocycles. The molecule has 1 atom stereocenters. The topological polar surface area (TPSA) is 41.1 Å². The van der Waals surface area contributed by atoms with Gasteiger partial charge in [-0.3, -0.25) is 4.79 Å². The van der Waals surface area contributed by atoms with E-state index >= 15 is 0 Å². The minimum atomic E-state index is 0.0706. The van der Waals surface area contributed by atoms with Gasteiger partial charge in [-0.15, -0.1) is 0 Å². The van der Waals surface area contributed by atoms with Crippen molar-refractivity contribution >= 4 is 5.91 Å². The first-order chi connectivity index (χ1) is 7.21. The molecule has 0 saturated carbocycles. The van der Waals surface area contributed by atoms with E-state index in [0.717, 1.165) is 19.5 Å². The van der Waals surface area contributed by atoms with Crippen molar-refractivity contribution in [2.75, 3.05) is 13.1 Å². The zero-order valence-electron chi connectivity index (χ0n) is 11.3. The molecule has 1 rings (SSSR count). The van der Waals surface area contributed by atoms with Gasteiger partial charge in [0.25, 0.3) is 0 Å². The SMILES string of the molecule is CC(C)(C)CC(=O)NC1CCNCC1(C)C. The van der Waals surface area contributed by atoms with Gasteiger partial charge in [0.1, 0.15) is 0 Å². The standard InChI is InChI=1S/C13H26N2O/c1-12(2,3)8-11(16)15-10-6-7-14-9-13(10,4)5/h10,14H,6-9H2,1-5H3,(H,15,16). The molecule has 1 aliphatic rings. The fourth-order valence-corrected chi connectivity index (χ4v) is 2.17. The molecule has 1 fully saturated rings. The van der Waals surface area contributed by atoms with Crippen LogP contribution >= 0.6 is 0 Å². The summed E-state index contributed by atoms with van der Waals surface area (Å²) in [5.41, 5.74) is 0.229. The Morgan fingerprint density at radius 3 is 2.56 bits per heavy atom. The van der Waals surface area contributed by atoms with Crippen LogP contribution in [-0.2, 0) is 4.79 Å². The zero-order valence-corrected chi connectivity index (χ0v) is 11.3. The van der Waals surface area contributed by atoms with E-state index in [9.17, 15) is 4.79 Å². The van der Waals surface area contributed by atoms with E-state index in [1.807, 2.05) is 0 Å². The normalized spacial score (nSPS) is 25.2. The fourth-order valence-electron chi connectivity index (χ4n) is 2.17. The summed E-state index contributed by atoms with van der Waals surface area (Å²) in [7, 11) is 0. The lowest BCUT2D eigenvalue weighted by molar-refractivity contribution is -0.124. The molecule has 0 aromatic carbocycles. The van der Waals surface area contributed by atoms with E-state index in [0.29, 0.717) is 12.5 Å². The van der Waals surface area contributed by atoms with E-state index in [1.165, 1.54) is 0 Å². The molecule has 1 amide bonds. The maximum absolute atomic E-state index is 11.9. The van der Waals surface area contributed by atoms with Crippen LogP contribution in [0.4, 0.5) is 0 Å². The second-order valence-electron chi connectivity index (χ2n) is 6.81. The molecule has 0 spiro atoms. The van der Waals surface area contributed by atoms with Crippen molar-refractivity contribution in [1.82, 2.24) is 10.6 Å². The van der Waals surface area contributed by atoms with Gasteiger partial charge in [-0.25, -0.2) is 0 Å². The van der Waals surface area contributed by atoms with Crippen LogP contribution in [0.2, 0.25) is 0 Å². The van der Waals surface area contributed by atoms with E-state index in [-0.39, 0.29) is 16.7 Å². The summed E-state index contributed by atoms with van der Waals surface area (Å²) in [6, 6.07) is 0.309. The lowest BCUT2D eigenvalue weighted by Crippen LogP contribution is -2.54. The van der Waals surface area contributed by atoms with Crippen molar-refractivity contribution in [2.24, 2.45) is 10.8 Å². The number of nitrogens with one attached hydrogen (secondary N) is 2. The van der Waals surface area contributed by atoms with Gasteiger partial charge >= 0.3 is 0 Å². The molecule has 3 heteroatoms. The summed E-state index contributed by atoms with van der Waals surface area (Å²) in [5.74, 6) is 0.187. The highest BCUT2D eigenvalue weighted by Crippen LogP contribution is 2.26. The number of carbonyl (C=O) groups excluding carboxylic acids is 1. The molecule has 0 radical (unpaired) electrons. The minimum absolute atomic E-state index is 0.0706. The Hall–Kier alpha value is -0.570. The Bertz CT molecular complexity index is 253. The molecule has 94 valence electrons. The first-order valence-electron chi connectivity index (χ1n) is 6.21. The Morgan fingerprint density at radius 1 is 1.44 bits per heavy atom. The first-order valence-corrected chi connectivity index (χ1v) is 6.21. The van der Waals surface area contributed by atoms with Crippen LogP contribution in [0.1, 0.15) is 47.5 Å². The van der Waals surface area contributed by atoms with Gasteiger partial charge in [-0.05, 0) is 23.8 Å². The number of piperidine rings is 1. The van der Waals surface area contributed by atoms with Gasteiger partial charge in [0.2, 0.25) is 5.91 Å². The molecular weight excluding hydrogens is 200 g/mol. The van der Waals surface area contributed by atoms with Crippen LogP contribution in [-0.4, -0.2) is 25.0 Å². The predicted molar refractivity (Wildman–Crippen MR) is 67.3 cm³/mol. The zero-order chi connectivity index (χ0) is 12.4. The van der Waals surface area contributed by atoms with Crippen LogP contribution < -0.4 is 10.6 Å². The van der Waals surface area contributed by atoms with E-state index in [2.05, 4.69) is 45.3 Å². The summed E-state index contributed by atoms with van der Waals surface area (Å²) in [4.78, 5) is 11.9. The summed E-state index contributed by atoms with van der Waals surface area (Å²) >= 11 is 0. The third kappa shape index (κ3) is 4.12. The largest absolute Gasteiger partial charge is 0.353 e. The smallest absolute Gasteiger partial charge is 0.220 e. The Kier molecular flexibility index (Phi) is 4.00. The molecular formula is C13H26N2O. The van der Waals surface area contributed by atoms with Gasteiger partial charge in [0.05, 0.1) is 0 Å². The van der Waals surface area contributed by atoms with Crippen molar-refractivity contribution in [3.8, 4) is 0 Å². The quantitative estimate of drug-likeness (QED) is 0.755. The summed E-state index contributed by atoms with van der Waals surface area (Å²) in [6.07, 6.45) is 1.63. The second kappa shape index (κ2) is 4.74. The molecule has 0 bridgehead atoms. The van der Waals surface area contributed by atoms with Crippen molar-refractivity contribution in [3.05, 3.63) is 0 Å². The molecule has 0 aliphatic carbocycles.